The molecule has 1 aliphatic rings. The van der Waals surface area contributed by atoms with E-state index in [1.165, 1.54) is 26.9 Å². The van der Waals surface area contributed by atoms with Crippen LogP contribution in [-0.4, -0.2) is 16.2 Å². The van der Waals surface area contributed by atoms with Crippen molar-refractivity contribution in [2.45, 2.75) is 6.17 Å². The van der Waals surface area contributed by atoms with Crippen molar-refractivity contribution in [3.63, 3.8) is 0 Å². The number of para-hydroxylation sites is 3. The predicted octanol–water partition coefficient (Wildman–Crippen LogP) is 13.4. The molecule has 1 N–H and O–H groups in total. The summed E-state index contributed by atoms with van der Waals surface area (Å²) in [5.41, 5.74) is 9.25. The summed E-state index contributed by atoms with van der Waals surface area (Å²) in [6.45, 7) is 0. The molecule has 3 aromatic heterocycles. The highest BCUT2D eigenvalue weighted by Crippen LogP contribution is 2.42. The highest BCUT2D eigenvalue weighted by Gasteiger charge is 2.28. The fourth-order valence-electron chi connectivity index (χ4n) is 9.21. The number of fused-ring (bicyclic) bond motifs is 11. The van der Waals surface area contributed by atoms with E-state index in [1.807, 2.05) is 36.4 Å². The van der Waals surface area contributed by atoms with E-state index in [0.717, 1.165) is 82.7 Å². The first-order valence-electron chi connectivity index (χ1n) is 19.9. The Morgan fingerprint density at radius 3 is 1.95 bits per heavy atom. The highest BCUT2D eigenvalue weighted by molar-refractivity contribution is 6.21. The SMILES string of the molecule is c1ccc2cc(C3N=C(c4ccc5oc6ccccc6c5c4)N=C(c4ccc5c(oc6ccccc65)c4-n4c5ccccc5c5cc6ccccc6cc54)N3)ccc2c1. The van der Waals surface area contributed by atoms with Crippen LogP contribution in [0.2, 0.25) is 0 Å². The lowest BCUT2D eigenvalue weighted by Crippen LogP contribution is -2.34. The van der Waals surface area contributed by atoms with Gasteiger partial charge in [-0.3, -0.25) is 0 Å². The van der Waals surface area contributed by atoms with Gasteiger partial charge in [-0.1, -0.05) is 115 Å². The van der Waals surface area contributed by atoms with Crippen LogP contribution in [0.3, 0.4) is 0 Å². The lowest BCUT2D eigenvalue weighted by atomic mass is 10.0. The van der Waals surface area contributed by atoms with Gasteiger partial charge in [-0.2, -0.15) is 0 Å². The second kappa shape index (κ2) is 12.3. The van der Waals surface area contributed by atoms with Crippen molar-refractivity contribution >= 4 is 98.9 Å². The first-order valence-corrected chi connectivity index (χ1v) is 19.9. The van der Waals surface area contributed by atoms with E-state index in [0.29, 0.717) is 11.7 Å². The average molecular weight is 757 g/mol. The van der Waals surface area contributed by atoms with Crippen molar-refractivity contribution in [1.82, 2.24) is 9.88 Å². The van der Waals surface area contributed by atoms with E-state index in [1.54, 1.807) is 0 Å². The number of hydrogen-bond donors (Lipinski definition) is 1. The Balaban J connectivity index is 1.10. The maximum atomic E-state index is 6.93. The molecule has 0 saturated carbocycles. The van der Waals surface area contributed by atoms with Gasteiger partial charge in [0.1, 0.15) is 34.4 Å². The normalized spacial score (nSPS) is 14.6. The standard InChI is InChI=1S/C53H32N4O2/c1-2-12-32-27-35(22-21-31(32)11-1)51-54-52(36-23-26-48-43(29-36)39-17-7-9-19-46(39)58-48)56-53(55-51)41-25-24-40-38-16-6-10-20-47(38)59-50(40)49(41)57-44-18-8-5-15-37(44)42-28-33-13-3-4-14-34(33)30-45(42)57/h1-30,51H,(H,54,55,56). The van der Waals surface area contributed by atoms with Crippen LogP contribution in [0.1, 0.15) is 22.9 Å². The number of nitrogens with zero attached hydrogens (tertiary/aromatic N) is 3. The molecule has 59 heavy (non-hydrogen) atoms. The fourth-order valence-corrected chi connectivity index (χ4v) is 9.21. The molecule has 0 radical (unpaired) electrons. The Morgan fingerprint density at radius 1 is 0.458 bits per heavy atom. The van der Waals surface area contributed by atoms with E-state index in [2.05, 4.69) is 155 Å². The Kier molecular flexibility index (Phi) is 6.69. The highest BCUT2D eigenvalue weighted by atomic mass is 16.3. The summed E-state index contributed by atoms with van der Waals surface area (Å²) in [6, 6.07) is 63.9. The van der Waals surface area contributed by atoms with Gasteiger partial charge in [0, 0.05) is 43.4 Å². The first kappa shape index (κ1) is 32.2. The van der Waals surface area contributed by atoms with Crippen molar-refractivity contribution in [1.29, 1.82) is 0 Å². The number of hydrogen-bond acceptors (Lipinski definition) is 5. The smallest absolute Gasteiger partial charge is 0.160 e. The molecule has 9 aromatic carbocycles. The molecule has 0 amide bonds. The monoisotopic (exact) mass is 756 g/mol. The van der Waals surface area contributed by atoms with Gasteiger partial charge in [0.2, 0.25) is 0 Å². The lowest BCUT2D eigenvalue weighted by molar-refractivity contribution is 0.664. The summed E-state index contributed by atoms with van der Waals surface area (Å²) in [4.78, 5) is 10.8. The van der Waals surface area contributed by atoms with Crippen molar-refractivity contribution in [3.8, 4) is 5.69 Å². The number of nitrogens with one attached hydrogen (secondary N) is 1. The van der Waals surface area contributed by atoms with Crippen LogP contribution < -0.4 is 5.32 Å². The third-order valence-electron chi connectivity index (χ3n) is 12.0. The Morgan fingerprint density at radius 2 is 1.12 bits per heavy atom. The van der Waals surface area contributed by atoms with E-state index in [9.17, 15) is 0 Å². The lowest BCUT2D eigenvalue weighted by Gasteiger charge is -2.25. The topological polar surface area (TPSA) is 68.0 Å². The Bertz CT molecular complexity index is 3790. The minimum atomic E-state index is -0.430. The molecule has 1 atom stereocenters. The van der Waals surface area contributed by atoms with Gasteiger partial charge in [-0.15, -0.1) is 0 Å². The van der Waals surface area contributed by atoms with E-state index >= 15 is 0 Å². The summed E-state index contributed by atoms with van der Waals surface area (Å²) in [5.74, 6) is 1.34. The zero-order chi connectivity index (χ0) is 38.6. The summed E-state index contributed by atoms with van der Waals surface area (Å²) in [5, 5.41) is 15.1. The molecule has 1 aliphatic heterocycles. The van der Waals surface area contributed by atoms with Crippen molar-refractivity contribution in [3.05, 3.63) is 199 Å². The molecule has 13 rings (SSSR count). The number of benzene rings is 9. The van der Waals surface area contributed by atoms with Crippen LogP contribution in [0.5, 0.6) is 0 Å². The van der Waals surface area contributed by atoms with Crippen LogP contribution >= 0.6 is 0 Å². The molecule has 0 aliphatic carbocycles. The molecule has 0 saturated heterocycles. The largest absolute Gasteiger partial charge is 0.456 e. The summed E-state index contributed by atoms with van der Waals surface area (Å²) in [7, 11) is 0. The quantitative estimate of drug-likeness (QED) is 0.194. The van der Waals surface area contributed by atoms with Crippen LogP contribution in [0.15, 0.2) is 201 Å². The van der Waals surface area contributed by atoms with Crippen molar-refractivity contribution in [2.75, 3.05) is 0 Å². The minimum Gasteiger partial charge on any atom is -0.456 e. The van der Waals surface area contributed by atoms with Crippen LogP contribution in [0.4, 0.5) is 0 Å². The zero-order valence-electron chi connectivity index (χ0n) is 31.6. The van der Waals surface area contributed by atoms with Gasteiger partial charge < -0.3 is 18.7 Å². The molecule has 1 unspecified atom stereocenters. The molecule has 12 aromatic rings. The van der Waals surface area contributed by atoms with Gasteiger partial charge in [0.05, 0.1) is 11.0 Å². The minimum absolute atomic E-state index is 0.430. The fraction of sp³-hybridized carbons (Fsp3) is 0.0189. The Labute approximate surface area is 336 Å². The van der Waals surface area contributed by atoms with Crippen LogP contribution in [0.25, 0.3) is 92.9 Å². The maximum Gasteiger partial charge on any atom is 0.160 e. The van der Waals surface area contributed by atoms with Crippen LogP contribution in [-0.2, 0) is 0 Å². The maximum absolute atomic E-state index is 6.93. The second-order valence-corrected chi connectivity index (χ2v) is 15.4. The average Bonchev–Trinajstić information content (AvgIpc) is 3.97. The molecular weight excluding hydrogens is 725 g/mol. The number of aliphatic imine (C=N–C) groups is 2. The molecule has 0 bridgehead atoms. The van der Waals surface area contributed by atoms with Gasteiger partial charge in [0.15, 0.2) is 11.4 Å². The summed E-state index contributed by atoms with van der Waals surface area (Å²) >= 11 is 0. The molecule has 0 fully saturated rings. The first-order chi connectivity index (χ1) is 29.2. The zero-order valence-corrected chi connectivity index (χ0v) is 31.6. The van der Waals surface area contributed by atoms with Gasteiger partial charge in [-0.25, -0.2) is 9.98 Å². The van der Waals surface area contributed by atoms with Crippen LogP contribution in [0, 0.1) is 0 Å². The molecule has 6 nitrogen and oxygen atoms in total. The Hall–Kier alpha value is -7.96. The summed E-state index contributed by atoms with van der Waals surface area (Å²) < 4.78 is 15.5. The molecule has 6 heteroatoms. The number of aromatic nitrogens is 1. The van der Waals surface area contributed by atoms with Crippen molar-refractivity contribution < 1.29 is 8.83 Å². The number of furan rings is 2. The second-order valence-electron chi connectivity index (χ2n) is 15.4. The van der Waals surface area contributed by atoms with Gasteiger partial charge in [0.25, 0.3) is 0 Å². The number of amidine groups is 2. The molecule has 4 heterocycles. The van der Waals surface area contributed by atoms with Crippen molar-refractivity contribution in [2.24, 2.45) is 9.98 Å². The third-order valence-corrected chi connectivity index (χ3v) is 12.0. The van der Waals surface area contributed by atoms with Gasteiger partial charge in [-0.05, 0) is 93.8 Å². The van der Waals surface area contributed by atoms with E-state index in [-0.39, 0.29) is 0 Å². The molecule has 276 valence electrons. The third kappa shape index (κ3) is 4.87. The molecular formula is C53H32N4O2. The number of rotatable bonds is 4. The van der Waals surface area contributed by atoms with E-state index in [4.69, 9.17) is 18.8 Å². The molecule has 0 spiro atoms. The predicted molar refractivity (Wildman–Crippen MR) is 242 cm³/mol. The summed E-state index contributed by atoms with van der Waals surface area (Å²) in [6.07, 6.45) is -0.430. The van der Waals surface area contributed by atoms with E-state index < -0.39 is 6.17 Å². The van der Waals surface area contributed by atoms with Gasteiger partial charge >= 0.3 is 0 Å².